The minimum absolute atomic E-state index is 0.286. The van der Waals surface area contributed by atoms with Crippen LogP contribution in [0.15, 0.2) is 18.5 Å². The van der Waals surface area contributed by atoms with Crippen molar-refractivity contribution in [1.29, 1.82) is 0 Å². The molecule has 1 aromatic heterocycles. The molecule has 2 aromatic rings. The van der Waals surface area contributed by atoms with E-state index in [0.717, 1.165) is 35.9 Å². The SMILES string of the molecule is Cc1cc2ncnc(C3CCCN(S(C)(=O)=O)CC3)c2cc1C. The van der Waals surface area contributed by atoms with Gasteiger partial charge >= 0.3 is 0 Å². The summed E-state index contributed by atoms with van der Waals surface area (Å²) in [7, 11) is -3.11. The number of nitrogens with zero attached hydrogens (tertiary/aromatic N) is 3. The molecule has 1 aromatic carbocycles. The van der Waals surface area contributed by atoms with E-state index in [1.807, 2.05) is 0 Å². The van der Waals surface area contributed by atoms with E-state index < -0.39 is 10.0 Å². The monoisotopic (exact) mass is 333 g/mol. The highest BCUT2D eigenvalue weighted by Gasteiger charge is 2.25. The molecule has 1 unspecified atom stereocenters. The molecule has 1 aliphatic rings. The van der Waals surface area contributed by atoms with Gasteiger partial charge in [-0.25, -0.2) is 22.7 Å². The Hall–Kier alpha value is -1.53. The minimum atomic E-state index is -3.11. The summed E-state index contributed by atoms with van der Waals surface area (Å²) < 4.78 is 25.1. The van der Waals surface area contributed by atoms with Gasteiger partial charge in [0.1, 0.15) is 6.33 Å². The van der Waals surface area contributed by atoms with Crippen LogP contribution in [-0.2, 0) is 10.0 Å². The number of sulfonamides is 1. The van der Waals surface area contributed by atoms with Crippen molar-refractivity contribution in [3.63, 3.8) is 0 Å². The van der Waals surface area contributed by atoms with Crippen molar-refractivity contribution >= 4 is 20.9 Å². The van der Waals surface area contributed by atoms with Crippen molar-refractivity contribution in [2.24, 2.45) is 0 Å². The second kappa shape index (κ2) is 6.17. The summed E-state index contributed by atoms with van der Waals surface area (Å²) in [5.74, 6) is 0.286. The number of fused-ring (bicyclic) bond motifs is 1. The van der Waals surface area contributed by atoms with Crippen LogP contribution in [0, 0.1) is 13.8 Å². The van der Waals surface area contributed by atoms with Crippen LogP contribution in [-0.4, -0.2) is 42.0 Å². The maximum absolute atomic E-state index is 11.8. The molecular formula is C17H23N3O2S. The molecule has 0 N–H and O–H groups in total. The lowest BCUT2D eigenvalue weighted by Gasteiger charge is -2.18. The van der Waals surface area contributed by atoms with Crippen molar-refractivity contribution in [3.8, 4) is 0 Å². The molecule has 23 heavy (non-hydrogen) atoms. The Morgan fingerprint density at radius 3 is 2.57 bits per heavy atom. The fourth-order valence-electron chi connectivity index (χ4n) is 3.34. The van der Waals surface area contributed by atoms with Gasteiger partial charge in [0.25, 0.3) is 0 Å². The van der Waals surface area contributed by atoms with Gasteiger partial charge in [-0.2, -0.15) is 0 Å². The van der Waals surface area contributed by atoms with E-state index in [-0.39, 0.29) is 5.92 Å². The van der Waals surface area contributed by atoms with Crippen molar-refractivity contribution in [1.82, 2.24) is 14.3 Å². The third-order valence-corrected chi connectivity index (χ3v) is 6.13. The van der Waals surface area contributed by atoms with Crippen LogP contribution in [0.5, 0.6) is 0 Å². The first-order chi connectivity index (χ1) is 10.9. The van der Waals surface area contributed by atoms with Gasteiger partial charge in [-0.05, 0) is 56.4 Å². The van der Waals surface area contributed by atoms with E-state index in [0.29, 0.717) is 13.1 Å². The average molecular weight is 333 g/mol. The number of hydrogen-bond donors (Lipinski definition) is 0. The van der Waals surface area contributed by atoms with Gasteiger partial charge in [0.15, 0.2) is 0 Å². The molecule has 2 heterocycles. The van der Waals surface area contributed by atoms with Crippen LogP contribution < -0.4 is 0 Å². The van der Waals surface area contributed by atoms with Gasteiger partial charge in [0.2, 0.25) is 10.0 Å². The van der Waals surface area contributed by atoms with Crippen LogP contribution >= 0.6 is 0 Å². The molecule has 0 spiro atoms. The zero-order valence-electron chi connectivity index (χ0n) is 13.9. The van der Waals surface area contributed by atoms with Gasteiger partial charge in [-0.1, -0.05) is 0 Å². The molecule has 5 nitrogen and oxygen atoms in total. The molecule has 6 heteroatoms. The van der Waals surface area contributed by atoms with Crippen LogP contribution in [0.1, 0.15) is 42.0 Å². The van der Waals surface area contributed by atoms with E-state index in [1.165, 1.54) is 17.4 Å². The summed E-state index contributed by atoms with van der Waals surface area (Å²) >= 11 is 0. The standard InChI is InChI=1S/C17H23N3O2S/c1-12-9-15-16(10-13(12)2)18-11-19-17(15)14-5-4-7-20(8-6-14)23(3,21)22/h9-11,14H,4-8H2,1-3H3. The van der Waals surface area contributed by atoms with E-state index in [4.69, 9.17) is 0 Å². The molecule has 0 amide bonds. The Morgan fingerprint density at radius 1 is 1.09 bits per heavy atom. The van der Waals surface area contributed by atoms with E-state index in [1.54, 1.807) is 10.6 Å². The number of aromatic nitrogens is 2. The van der Waals surface area contributed by atoms with Gasteiger partial charge < -0.3 is 0 Å². The molecule has 1 atom stereocenters. The molecule has 0 saturated carbocycles. The second-order valence-corrected chi connectivity index (χ2v) is 8.48. The summed E-state index contributed by atoms with van der Waals surface area (Å²) in [6, 6.07) is 4.27. The van der Waals surface area contributed by atoms with Crippen molar-refractivity contribution in [3.05, 3.63) is 35.3 Å². The van der Waals surface area contributed by atoms with Crippen molar-refractivity contribution in [2.45, 2.75) is 39.0 Å². The summed E-state index contributed by atoms with van der Waals surface area (Å²) in [5.41, 5.74) is 4.50. The highest BCUT2D eigenvalue weighted by Crippen LogP contribution is 2.32. The Labute approximate surface area is 137 Å². The molecular weight excluding hydrogens is 310 g/mol. The second-order valence-electron chi connectivity index (χ2n) is 6.50. The van der Waals surface area contributed by atoms with Gasteiger partial charge in [-0.3, -0.25) is 0 Å². The van der Waals surface area contributed by atoms with E-state index >= 15 is 0 Å². The molecule has 0 bridgehead atoms. The zero-order valence-corrected chi connectivity index (χ0v) is 14.7. The summed E-state index contributed by atoms with van der Waals surface area (Å²) in [5, 5.41) is 1.11. The number of benzene rings is 1. The molecule has 0 aliphatic carbocycles. The Kier molecular flexibility index (Phi) is 4.38. The maximum Gasteiger partial charge on any atom is 0.211 e. The first-order valence-corrected chi connectivity index (χ1v) is 9.88. The lowest BCUT2D eigenvalue weighted by atomic mass is 9.92. The van der Waals surface area contributed by atoms with Gasteiger partial charge in [-0.15, -0.1) is 0 Å². The first-order valence-electron chi connectivity index (χ1n) is 8.03. The van der Waals surface area contributed by atoms with Gasteiger partial charge in [0.05, 0.1) is 17.5 Å². The molecule has 1 fully saturated rings. The molecule has 1 aliphatic heterocycles. The minimum Gasteiger partial charge on any atom is -0.240 e. The van der Waals surface area contributed by atoms with Crippen molar-refractivity contribution in [2.75, 3.05) is 19.3 Å². The maximum atomic E-state index is 11.8. The van der Waals surface area contributed by atoms with E-state index in [9.17, 15) is 8.42 Å². The van der Waals surface area contributed by atoms with E-state index in [2.05, 4.69) is 35.9 Å². The third-order valence-electron chi connectivity index (χ3n) is 4.82. The topological polar surface area (TPSA) is 63.2 Å². The summed E-state index contributed by atoms with van der Waals surface area (Å²) in [4.78, 5) is 8.95. The highest BCUT2D eigenvalue weighted by atomic mass is 32.2. The summed E-state index contributed by atoms with van der Waals surface area (Å²) in [6.45, 7) is 5.37. The predicted octanol–water partition coefficient (Wildman–Crippen LogP) is 2.78. The van der Waals surface area contributed by atoms with Crippen LogP contribution in [0.4, 0.5) is 0 Å². The fourth-order valence-corrected chi connectivity index (χ4v) is 4.23. The Balaban J connectivity index is 1.96. The fraction of sp³-hybridized carbons (Fsp3) is 0.529. The largest absolute Gasteiger partial charge is 0.240 e. The summed E-state index contributed by atoms with van der Waals surface area (Å²) in [6.07, 6.45) is 5.57. The van der Waals surface area contributed by atoms with Crippen LogP contribution in [0.25, 0.3) is 10.9 Å². The lowest BCUT2D eigenvalue weighted by Crippen LogP contribution is -2.30. The number of aryl methyl sites for hydroxylation is 2. The van der Waals surface area contributed by atoms with Crippen LogP contribution in [0.3, 0.4) is 0 Å². The average Bonchev–Trinajstić information content (AvgIpc) is 2.73. The predicted molar refractivity (Wildman–Crippen MR) is 92.0 cm³/mol. The number of hydrogen-bond acceptors (Lipinski definition) is 4. The molecule has 1 saturated heterocycles. The Bertz CT molecular complexity index is 833. The first kappa shape index (κ1) is 16.3. The normalized spacial score (nSPS) is 20.6. The molecule has 3 rings (SSSR count). The van der Waals surface area contributed by atoms with Crippen molar-refractivity contribution < 1.29 is 8.42 Å². The Morgan fingerprint density at radius 2 is 1.83 bits per heavy atom. The highest BCUT2D eigenvalue weighted by molar-refractivity contribution is 7.88. The molecule has 0 radical (unpaired) electrons. The quantitative estimate of drug-likeness (QED) is 0.848. The van der Waals surface area contributed by atoms with Crippen LogP contribution in [0.2, 0.25) is 0 Å². The smallest absolute Gasteiger partial charge is 0.211 e. The molecule has 124 valence electrons. The van der Waals surface area contributed by atoms with Gasteiger partial charge in [0, 0.05) is 24.4 Å². The number of rotatable bonds is 2. The lowest BCUT2D eigenvalue weighted by molar-refractivity contribution is 0.425. The third kappa shape index (κ3) is 3.38. The zero-order chi connectivity index (χ0) is 16.6.